The fourth-order valence-corrected chi connectivity index (χ4v) is 2.96. The minimum atomic E-state index is -3.96. The summed E-state index contributed by atoms with van der Waals surface area (Å²) in [4.78, 5) is 20.9. The van der Waals surface area contributed by atoms with Crippen LogP contribution in [0.25, 0.3) is 0 Å². The molecular formula is C12H15ClN2O6S. The molecule has 1 amide bonds. The number of amides is 1. The number of nitrogens with two attached hydrogens (primary N) is 1. The van der Waals surface area contributed by atoms with Crippen molar-refractivity contribution in [2.24, 2.45) is 5.73 Å². The number of sulfonamides is 1. The van der Waals surface area contributed by atoms with Gasteiger partial charge in [-0.05, 0) is 24.6 Å². The molecule has 0 aliphatic carbocycles. The van der Waals surface area contributed by atoms with E-state index in [1.807, 2.05) is 0 Å². The molecule has 0 aliphatic rings. The Morgan fingerprint density at radius 2 is 2.05 bits per heavy atom. The third-order valence-electron chi connectivity index (χ3n) is 2.42. The van der Waals surface area contributed by atoms with Crippen LogP contribution in [0.5, 0.6) is 5.75 Å². The number of carboxylic acid groups (broad SMARTS) is 1. The minimum Gasteiger partial charge on any atom is -0.482 e. The molecule has 8 nitrogen and oxygen atoms in total. The third-order valence-corrected chi connectivity index (χ3v) is 4.14. The van der Waals surface area contributed by atoms with Crippen molar-refractivity contribution in [1.82, 2.24) is 4.72 Å². The van der Waals surface area contributed by atoms with Gasteiger partial charge in [0.2, 0.25) is 10.0 Å². The number of ether oxygens (including phenoxy) is 1. The lowest BCUT2D eigenvalue weighted by atomic mass is 10.3. The molecular weight excluding hydrogens is 336 g/mol. The number of benzene rings is 1. The van der Waals surface area contributed by atoms with Crippen molar-refractivity contribution in [1.29, 1.82) is 0 Å². The van der Waals surface area contributed by atoms with Gasteiger partial charge in [0.1, 0.15) is 10.6 Å². The molecule has 0 heterocycles. The van der Waals surface area contributed by atoms with E-state index < -0.39 is 28.5 Å². The first-order chi connectivity index (χ1) is 10.2. The smallest absolute Gasteiger partial charge is 0.303 e. The van der Waals surface area contributed by atoms with E-state index in [9.17, 15) is 18.0 Å². The number of rotatable bonds is 9. The van der Waals surface area contributed by atoms with Crippen LogP contribution in [0.15, 0.2) is 23.1 Å². The van der Waals surface area contributed by atoms with Gasteiger partial charge in [0, 0.05) is 18.0 Å². The maximum atomic E-state index is 12.2. The summed E-state index contributed by atoms with van der Waals surface area (Å²) >= 11 is 5.77. The number of primary amides is 1. The van der Waals surface area contributed by atoms with Crippen molar-refractivity contribution < 1.29 is 27.9 Å². The number of aliphatic carboxylic acids is 1. The Morgan fingerprint density at radius 3 is 2.64 bits per heavy atom. The molecule has 0 radical (unpaired) electrons. The Kier molecular flexibility index (Phi) is 6.60. The number of carbonyl (C=O) groups is 2. The molecule has 0 unspecified atom stereocenters. The normalized spacial score (nSPS) is 11.1. The zero-order valence-corrected chi connectivity index (χ0v) is 13.0. The second kappa shape index (κ2) is 7.97. The van der Waals surface area contributed by atoms with Crippen molar-refractivity contribution in [3.05, 3.63) is 23.2 Å². The predicted molar refractivity (Wildman–Crippen MR) is 78.2 cm³/mol. The molecule has 1 rings (SSSR count). The Hall–Kier alpha value is -1.84. The van der Waals surface area contributed by atoms with Gasteiger partial charge in [0.25, 0.3) is 5.91 Å². The van der Waals surface area contributed by atoms with Crippen LogP contribution in [0.4, 0.5) is 0 Å². The molecule has 1 aromatic rings. The van der Waals surface area contributed by atoms with Gasteiger partial charge in [0.15, 0.2) is 6.61 Å². The minimum absolute atomic E-state index is 0.0591. The summed E-state index contributed by atoms with van der Waals surface area (Å²) in [6.45, 7) is -0.542. The molecule has 1 aromatic carbocycles. The molecule has 4 N–H and O–H groups in total. The van der Waals surface area contributed by atoms with E-state index in [0.29, 0.717) is 0 Å². The monoisotopic (exact) mass is 350 g/mol. The SMILES string of the molecule is NC(=O)COc1ccc(Cl)cc1S(=O)(=O)NCCCC(=O)O. The summed E-state index contributed by atoms with van der Waals surface area (Å²) in [5.74, 6) is -1.85. The van der Waals surface area contributed by atoms with Gasteiger partial charge in [-0.15, -0.1) is 0 Å². The zero-order valence-electron chi connectivity index (χ0n) is 11.4. The van der Waals surface area contributed by atoms with Gasteiger partial charge in [-0.2, -0.15) is 0 Å². The number of hydrogen-bond acceptors (Lipinski definition) is 5. The van der Waals surface area contributed by atoms with Crippen molar-refractivity contribution in [2.75, 3.05) is 13.2 Å². The quantitative estimate of drug-likeness (QED) is 0.550. The van der Waals surface area contributed by atoms with Gasteiger partial charge >= 0.3 is 5.97 Å². The van der Waals surface area contributed by atoms with E-state index >= 15 is 0 Å². The average molecular weight is 351 g/mol. The Balaban J connectivity index is 2.89. The molecule has 10 heteroatoms. The zero-order chi connectivity index (χ0) is 16.8. The molecule has 0 saturated heterocycles. The lowest BCUT2D eigenvalue weighted by molar-refractivity contribution is -0.137. The summed E-state index contributed by atoms with van der Waals surface area (Å²) in [7, 11) is -3.96. The number of hydrogen-bond donors (Lipinski definition) is 3. The van der Waals surface area contributed by atoms with Crippen LogP contribution in [-0.4, -0.2) is 38.6 Å². The van der Waals surface area contributed by atoms with Gasteiger partial charge in [-0.3, -0.25) is 9.59 Å². The van der Waals surface area contributed by atoms with Crippen LogP contribution in [-0.2, 0) is 19.6 Å². The van der Waals surface area contributed by atoms with E-state index in [4.69, 9.17) is 27.2 Å². The molecule has 0 fully saturated rings. The number of carbonyl (C=O) groups excluding carboxylic acids is 1. The second-order valence-corrected chi connectivity index (χ2v) is 6.41. The van der Waals surface area contributed by atoms with Crippen LogP contribution in [0.2, 0.25) is 5.02 Å². The summed E-state index contributed by atoms with van der Waals surface area (Å²) in [5.41, 5.74) is 4.95. The second-order valence-electron chi connectivity index (χ2n) is 4.24. The van der Waals surface area contributed by atoms with Crippen molar-refractivity contribution in [2.45, 2.75) is 17.7 Å². The van der Waals surface area contributed by atoms with E-state index in [2.05, 4.69) is 4.72 Å². The first-order valence-corrected chi connectivity index (χ1v) is 8.00. The molecule has 0 saturated carbocycles. The van der Waals surface area contributed by atoms with E-state index in [1.54, 1.807) is 0 Å². The summed E-state index contributed by atoms with van der Waals surface area (Å²) in [5, 5.41) is 8.67. The van der Waals surface area contributed by atoms with Crippen molar-refractivity contribution >= 4 is 33.5 Å². The summed E-state index contributed by atoms with van der Waals surface area (Å²) in [6, 6.07) is 3.87. The first kappa shape index (κ1) is 18.2. The summed E-state index contributed by atoms with van der Waals surface area (Å²) < 4.78 is 31.6. The molecule has 0 aliphatic heterocycles. The van der Waals surface area contributed by atoms with Gasteiger partial charge in [-0.25, -0.2) is 13.1 Å². The highest BCUT2D eigenvalue weighted by Gasteiger charge is 2.20. The van der Waals surface area contributed by atoms with Crippen molar-refractivity contribution in [3.8, 4) is 5.75 Å². The lowest BCUT2D eigenvalue weighted by Crippen LogP contribution is -2.26. The van der Waals surface area contributed by atoms with E-state index in [0.717, 1.165) is 6.07 Å². The first-order valence-electron chi connectivity index (χ1n) is 6.14. The Labute approximate surface area is 132 Å². The summed E-state index contributed by atoms with van der Waals surface area (Å²) in [6.07, 6.45) is -0.0320. The molecule has 22 heavy (non-hydrogen) atoms. The predicted octanol–water partition coefficient (Wildman–Crippen LogP) is 0.347. The number of halogens is 1. The fourth-order valence-electron chi connectivity index (χ4n) is 1.48. The van der Waals surface area contributed by atoms with Crippen LogP contribution < -0.4 is 15.2 Å². The lowest BCUT2D eigenvalue weighted by Gasteiger charge is -2.12. The molecule has 0 aromatic heterocycles. The Bertz CT molecular complexity index is 662. The van der Waals surface area contributed by atoms with Crippen LogP contribution in [0, 0.1) is 0 Å². The van der Waals surface area contributed by atoms with Crippen LogP contribution >= 0.6 is 11.6 Å². The third kappa shape index (κ3) is 5.88. The maximum absolute atomic E-state index is 12.2. The van der Waals surface area contributed by atoms with Crippen molar-refractivity contribution in [3.63, 3.8) is 0 Å². The van der Waals surface area contributed by atoms with Crippen LogP contribution in [0.1, 0.15) is 12.8 Å². The topological polar surface area (TPSA) is 136 Å². The average Bonchev–Trinajstić information content (AvgIpc) is 2.42. The fraction of sp³-hybridized carbons (Fsp3) is 0.333. The molecule has 0 bridgehead atoms. The standard InChI is InChI=1S/C12H15ClN2O6S/c13-8-3-4-9(21-7-11(14)16)10(6-8)22(19,20)15-5-1-2-12(17)18/h3-4,6,15H,1-2,5,7H2,(H2,14,16)(H,17,18). The highest BCUT2D eigenvalue weighted by Crippen LogP contribution is 2.27. The van der Waals surface area contributed by atoms with Crippen LogP contribution in [0.3, 0.4) is 0 Å². The maximum Gasteiger partial charge on any atom is 0.303 e. The van der Waals surface area contributed by atoms with E-state index in [-0.39, 0.29) is 35.1 Å². The van der Waals surface area contributed by atoms with Gasteiger partial charge < -0.3 is 15.6 Å². The van der Waals surface area contributed by atoms with Gasteiger partial charge in [0.05, 0.1) is 0 Å². The molecule has 0 atom stereocenters. The molecule has 0 spiro atoms. The number of carboxylic acids is 1. The highest BCUT2D eigenvalue weighted by atomic mass is 35.5. The molecule has 122 valence electrons. The highest BCUT2D eigenvalue weighted by molar-refractivity contribution is 7.89. The number of nitrogens with one attached hydrogen (secondary N) is 1. The van der Waals surface area contributed by atoms with E-state index in [1.165, 1.54) is 12.1 Å². The Morgan fingerprint density at radius 1 is 1.36 bits per heavy atom. The largest absolute Gasteiger partial charge is 0.482 e. The van der Waals surface area contributed by atoms with Gasteiger partial charge in [-0.1, -0.05) is 11.6 Å².